The quantitative estimate of drug-likeness (QED) is 0.686. The molecule has 1 aromatic carbocycles. The van der Waals surface area contributed by atoms with Crippen LogP contribution < -0.4 is 0 Å². The lowest BCUT2D eigenvalue weighted by molar-refractivity contribution is -0.136. The van der Waals surface area contributed by atoms with Crippen LogP contribution in [0.4, 0.5) is 0 Å². The van der Waals surface area contributed by atoms with Gasteiger partial charge in [0.15, 0.2) is 11.5 Å². The standard InChI is InChI=1S/C21H23BrClNO4/c1-11-8-16-14(10-15(11)23)19(26)17-18(12-4-2-5-13(22)9-12)24(6-3-7-25)21(27)20(17)28-16/h2,4-5,9,11,14-16,18,25H,3,6-8,10H2,1H3. The predicted molar refractivity (Wildman–Crippen MR) is 109 cm³/mol. The molecule has 5 unspecified atom stereocenters. The molecular weight excluding hydrogens is 446 g/mol. The van der Waals surface area contributed by atoms with Crippen LogP contribution in [0.3, 0.4) is 0 Å². The van der Waals surface area contributed by atoms with Gasteiger partial charge in [0, 0.05) is 23.0 Å². The van der Waals surface area contributed by atoms with Crippen molar-refractivity contribution >= 4 is 39.2 Å². The summed E-state index contributed by atoms with van der Waals surface area (Å²) in [4.78, 5) is 28.3. The second kappa shape index (κ2) is 7.81. The Morgan fingerprint density at radius 1 is 1.32 bits per heavy atom. The molecule has 28 heavy (non-hydrogen) atoms. The second-order valence-corrected chi connectivity index (χ2v) is 9.34. The number of rotatable bonds is 4. The Balaban J connectivity index is 1.76. The fraction of sp³-hybridized carbons (Fsp3) is 0.524. The van der Waals surface area contributed by atoms with Crippen LogP contribution in [0.2, 0.25) is 0 Å². The molecule has 1 aromatic rings. The predicted octanol–water partition coefficient (Wildman–Crippen LogP) is 3.59. The lowest BCUT2D eigenvalue weighted by atomic mass is 9.74. The SMILES string of the molecule is CC1CC2OC3=C(C(=O)C2CC1Cl)C(c1cccc(Br)c1)N(CCCO)C3=O. The molecule has 1 N–H and O–H groups in total. The molecule has 0 bridgehead atoms. The maximum Gasteiger partial charge on any atom is 0.290 e. The minimum Gasteiger partial charge on any atom is -0.483 e. The lowest BCUT2D eigenvalue weighted by Crippen LogP contribution is -2.44. The van der Waals surface area contributed by atoms with Gasteiger partial charge in [0.2, 0.25) is 0 Å². The van der Waals surface area contributed by atoms with Crippen molar-refractivity contribution in [1.82, 2.24) is 4.90 Å². The zero-order valence-electron chi connectivity index (χ0n) is 15.6. The number of benzene rings is 1. The van der Waals surface area contributed by atoms with Gasteiger partial charge in [0.05, 0.1) is 17.5 Å². The normalized spacial score (nSPS) is 32.3. The van der Waals surface area contributed by atoms with Crippen molar-refractivity contribution in [3.63, 3.8) is 0 Å². The molecule has 7 heteroatoms. The average molecular weight is 469 g/mol. The molecule has 150 valence electrons. The van der Waals surface area contributed by atoms with Gasteiger partial charge >= 0.3 is 0 Å². The van der Waals surface area contributed by atoms with Crippen molar-refractivity contribution in [2.45, 2.75) is 43.7 Å². The number of fused-ring (bicyclic) bond motifs is 1. The van der Waals surface area contributed by atoms with Crippen molar-refractivity contribution in [1.29, 1.82) is 0 Å². The van der Waals surface area contributed by atoms with E-state index in [2.05, 4.69) is 22.9 Å². The van der Waals surface area contributed by atoms with E-state index in [-0.39, 0.29) is 47.4 Å². The third-order valence-corrected chi connectivity index (χ3v) is 7.13. The van der Waals surface area contributed by atoms with Crippen molar-refractivity contribution < 1.29 is 19.4 Å². The van der Waals surface area contributed by atoms with Gasteiger partial charge in [-0.2, -0.15) is 0 Å². The Hall–Kier alpha value is -1.37. The molecule has 1 amide bonds. The number of ether oxygens (including phenoxy) is 1. The van der Waals surface area contributed by atoms with Gasteiger partial charge < -0.3 is 14.7 Å². The van der Waals surface area contributed by atoms with Crippen LogP contribution in [0, 0.1) is 11.8 Å². The van der Waals surface area contributed by atoms with Crippen molar-refractivity contribution in [2.75, 3.05) is 13.2 Å². The molecule has 2 heterocycles. The van der Waals surface area contributed by atoms with E-state index in [0.29, 0.717) is 31.4 Å². The van der Waals surface area contributed by atoms with Gasteiger partial charge in [0.25, 0.3) is 5.91 Å². The lowest BCUT2D eigenvalue weighted by Gasteiger charge is -2.40. The Morgan fingerprint density at radius 3 is 2.82 bits per heavy atom. The van der Waals surface area contributed by atoms with E-state index >= 15 is 0 Å². The van der Waals surface area contributed by atoms with Crippen LogP contribution in [0.5, 0.6) is 0 Å². The first-order valence-corrected chi connectivity index (χ1v) is 10.9. The number of ketones is 1. The summed E-state index contributed by atoms with van der Waals surface area (Å²) in [7, 11) is 0. The minimum atomic E-state index is -0.492. The van der Waals surface area contributed by atoms with E-state index in [0.717, 1.165) is 10.0 Å². The number of aliphatic hydroxyl groups is 1. The van der Waals surface area contributed by atoms with Crippen molar-refractivity contribution in [3.05, 3.63) is 45.6 Å². The number of carbonyl (C=O) groups excluding carboxylic acids is 2. The summed E-state index contributed by atoms with van der Waals surface area (Å²) < 4.78 is 7.02. The summed E-state index contributed by atoms with van der Waals surface area (Å²) in [6.07, 6.45) is 1.39. The molecule has 0 saturated heterocycles. The highest BCUT2D eigenvalue weighted by atomic mass is 79.9. The number of carbonyl (C=O) groups is 2. The van der Waals surface area contributed by atoms with Gasteiger partial charge in [0.1, 0.15) is 6.10 Å². The number of Topliss-reactive ketones (excluding diaryl/α,β-unsaturated/α-hetero) is 1. The fourth-order valence-corrected chi connectivity index (χ4v) is 5.27. The largest absolute Gasteiger partial charge is 0.483 e. The van der Waals surface area contributed by atoms with Crippen LogP contribution in [-0.4, -0.2) is 46.3 Å². The summed E-state index contributed by atoms with van der Waals surface area (Å²) in [5, 5.41) is 9.21. The maximum absolute atomic E-state index is 13.5. The molecule has 1 aliphatic carbocycles. The Morgan fingerprint density at radius 2 is 2.11 bits per heavy atom. The van der Waals surface area contributed by atoms with Crippen molar-refractivity contribution in [2.24, 2.45) is 11.8 Å². The summed E-state index contributed by atoms with van der Waals surface area (Å²) in [5.74, 6) is -0.165. The van der Waals surface area contributed by atoms with Gasteiger partial charge in [-0.15, -0.1) is 11.6 Å². The van der Waals surface area contributed by atoms with Gasteiger partial charge in [-0.25, -0.2) is 0 Å². The van der Waals surface area contributed by atoms with Crippen LogP contribution >= 0.6 is 27.5 Å². The van der Waals surface area contributed by atoms with E-state index in [9.17, 15) is 14.7 Å². The first-order valence-electron chi connectivity index (χ1n) is 9.68. The molecule has 0 spiro atoms. The maximum atomic E-state index is 13.5. The second-order valence-electron chi connectivity index (χ2n) is 7.87. The third kappa shape index (κ3) is 3.29. The monoisotopic (exact) mass is 467 g/mol. The number of hydrogen-bond acceptors (Lipinski definition) is 4. The molecule has 5 atom stereocenters. The van der Waals surface area contributed by atoms with Crippen LogP contribution in [0.15, 0.2) is 40.1 Å². The molecule has 2 aliphatic heterocycles. The van der Waals surface area contributed by atoms with Crippen molar-refractivity contribution in [3.8, 4) is 0 Å². The first kappa shape index (κ1) is 19.9. The Labute approximate surface area is 177 Å². The zero-order chi connectivity index (χ0) is 20.0. The number of amides is 1. The van der Waals surface area contributed by atoms with E-state index in [1.807, 2.05) is 24.3 Å². The number of nitrogens with zero attached hydrogens (tertiary/aromatic N) is 1. The molecule has 5 nitrogen and oxygen atoms in total. The third-order valence-electron chi connectivity index (χ3n) is 6.03. The Kier molecular flexibility index (Phi) is 5.55. The molecule has 4 rings (SSSR count). The van der Waals surface area contributed by atoms with E-state index in [1.54, 1.807) is 4.90 Å². The van der Waals surface area contributed by atoms with E-state index in [1.165, 1.54) is 0 Å². The van der Waals surface area contributed by atoms with E-state index in [4.69, 9.17) is 16.3 Å². The van der Waals surface area contributed by atoms with E-state index < -0.39 is 6.04 Å². The molecule has 0 radical (unpaired) electrons. The molecule has 3 aliphatic rings. The topological polar surface area (TPSA) is 66.8 Å². The summed E-state index contributed by atoms with van der Waals surface area (Å²) in [6.45, 7) is 2.39. The van der Waals surface area contributed by atoms with Crippen LogP contribution in [0.25, 0.3) is 0 Å². The number of hydrogen-bond donors (Lipinski definition) is 1. The highest BCUT2D eigenvalue weighted by Crippen LogP contribution is 2.48. The van der Waals surface area contributed by atoms with Crippen LogP contribution in [0.1, 0.15) is 37.8 Å². The highest BCUT2D eigenvalue weighted by Gasteiger charge is 2.53. The highest BCUT2D eigenvalue weighted by molar-refractivity contribution is 9.10. The Bertz CT molecular complexity index is 841. The van der Waals surface area contributed by atoms with Gasteiger partial charge in [-0.05, 0) is 42.9 Å². The fourth-order valence-electron chi connectivity index (χ4n) is 4.56. The first-order chi connectivity index (χ1) is 13.4. The molecule has 1 fully saturated rings. The van der Waals surface area contributed by atoms with Gasteiger partial charge in [-0.3, -0.25) is 9.59 Å². The number of halogens is 2. The summed E-state index contributed by atoms with van der Waals surface area (Å²) >= 11 is 9.94. The summed E-state index contributed by atoms with van der Waals surface area (Å²) in [5.41, 5.74) is 1.30. The minimum absolute atomic E-state index is 0.0198. The van der Waals surface area contributed by atoms with Crippen LogP contribution in [-0.2, 0) is 14.3 Å². The number of aliphatic hydroxyl groups excluding tert-OH is 1. The number of alkyl halides is 1. The molecular formula is C21H23BrClNO4. The van der Waals surface area contributed by atoms with Gasteiger partial charge in [-0.1, -0.05) is 35.0 Å². The summed E-state index contributed by atoms with van der Waals surface area (Å²) in [6, 6.07) is 7.14. The zero-order valence-corrected chi connectivity index (χ0v) is 17.9. The molecule has 0 aromatic heterocycles. The smallest absolute Gasteiger partial charge is 0.290 e. The molecule has 1 saturated carbocycles. The average Bonchev–Trinajstić information content (AvgIpc) is 2.94.